The fraction of sp³-hybridized carbons (Fsp3) is 0.538. The first-order valence-corrected chi connectivity index (χ1v) is 5.98. The monoisotopic (exact) mass is 254 g/mol. The van der Waals surface area contributed by atoms with Gasteiger partial charge in [0.1, 0.15) is 24.4 Å². The third kappa shape index (κ3) is 2.71. The third-order valence-corrected chi connectivity index (χ3v) is 3.27. The van der Waals surface area contributed by atoms with Gasteiger partial charge < -0.3 is 25.2 Å². The molecule has 0 bridgehead atoms. The number of aliphatic hydroxyl groups excluding tert-OH is 4. The Bertz CT molecular complexity index is 367. The van der Waals surface area contributed by atoms with Crippen molar-refractivity contribution >= 4 is 0 Å². The van der Waals surface area contributed by atoms with E-state index >= 15 is 0 Å². The number of rotatable bonds is 3. The fourth-order valence-corrected chi connectivity index (χ4v) is 2.19. The maximum Gasteiger partial charge on any atom is 0.111 e. The summed E-state index contributed by atoms with van der Waals surface area (Å²) in [6.45, 7) is -0.393. The molecule has 1 aromatic carbocycles. The van der Waals surface area contributed by atoms with Gasteiger partial charge in [0, 0.05) is 6.42 Å². The molecule has 0 amide bonds. The number of hydrogen-bond acceptors (Lipinski definition) is 5. The second-order valence-electron chi connectivity index (χ2n) is 4.56. The Labute approximate surface area is 105 Å². The zero-order chi connectivity index (χ0) is 13.1. The summed E-state index contributed by atoms with van der Waals surface area (Å²) in [6, 6.07) is 9.42. The molecule has 5 atom stereocenters. The lowest BCUT2D eigenvalue weighted by atomic mass is 9.92. The molecule has 0 aromatic heterocycles. The largest absolute Gasteiger partial charge is 0.394 e. The first-order chi connectivity index (χ1) is 8.63. The van der Waals surface area contributed by atoms with Crippen molar-refractivity contribution in [2.75, 3.05) is 6.61 Å². The van der Waals surface area contributed by atoms with Gasteiger partial charge in [-0.2, -0.15) is 0 Å². The molecule has 0 radical (unpaired) electrons. The molecule has 4 N–H and O–H groups in total. The summed E-state index contributed by atoms with van der Waals surface area (Å²) in [5.74, 6) is 0. The van der Waals surface area contributed by atoms with E-state index in [4.69, 9.17) is 9.84 Å². The van der Waals surface area contributed by atoms with Gasteiger partial charge in [-0.1, -0.05) is 30.3 Å². The van der Waals surface area contributed by atoms with Gasteiger partial charge in [0.05, 0.1) is 12.7 Å². The quantitative estimate of drug-likeness (QED) is 0.559. The molecule has 100 valence electrons. The van der Waals surface area contributed by atoms with Crippen LogP contribution < -0.4 is 0 Å². The van der Waals surface area contributed by atoms with E-state index in [1.807, 2.05) is 30.3 Å². The standard InChI is InChI=1S/C13H18O5/c14-7-10-12(16)13(17)11(15)9(18-10)6-8-4-2-1-3-5-8/h1-5,9-17H,6-7H2/t9-,10+,11-,12+,13+/m0/s1. The highest BCUT2D eigenvalue weighted by Crippen LogP contribution is 2.23. The van der Waals surface area contributed by atoms with Crippen LogP contribution in [0.4, 0.5) is 0 Å². The molecule has 18 heavy (non-hydrogen) atoms. The van der Waals surface area contributed by atoms with E-state index in [0.29, 0.717) is 6.42 Å². The maximum atomic E-state index is 9.87. The van der Waals surface area contributed by atoms with Crippen molar-refractivity contribution in [2.24, 2.45) is 0 Å². The molecule has 5 heteroatoms. The number of aliphatic hydroxyl groups is 4. The summed E-state index contributed by atoms with van der Waals surface area (Å²) in [5.41, 5.74) is 0.960. The number of hydrogen-bond donors (Lipinski definition) is 4. The Morgan fingerprint density at radius 2 is 1.50 bits per heavy atom. The minimum atomic E-state index is -1.30. The molecule has 1 aromatic rings. The molecule has 1 saturated heterocycles. The molecule has 0 spiro atoms. The topological polar surface area (TPSA) is 90.2 Å². The van der Waals surface area contributed by atoms with Gasteiger partial charge >= 0.3 is 0 Å². The average Bonchev–Trinajstić information content (AvgIpc) is 2.40. The Morgan fingerprint density at radius 3 is 2.11 bits per heavy atom. The van der Waals surface area contributed by atoms with Crippen molar-refractivity contribution in [2.45, 2.75) is 36.9 Å². The molecule has 1 aliphatic rings. The Balaban J connectivity index is 2.08. The van der Waals surface area contributed by atoms with Crippen LogP contribution in [0.2, 0.25) is 0 Å². The Kier molecular flexibility index (Phi) is 4.31. The summed E-state index contributed by atoms with van der Waals surface area (Å²) in [6.07, 6.45) is -4.81. The first kappa shape index (κ1) is 13.5. The van der Waals surface area contributed by atoms with Gasteiger partial charge in [-0.05, 0) is 5.56 Å². The van der Waals surface area contributed by atoms with Crippen molar-refractivity contribution < 1.29 is 25.2 Å². The van der Waals surface area contributed by atoms with Crippen LogP contribution in [0.3, 0.4) is 0 Å². The highest BCUT2D eigenvalue weighted by molar-refractivity contribution is 5.16. The van der Waals surface area contributed by atoms with Gasteiger partial charge in [-0.15, -0.1) is 0 Å². The van der Waals surface area contributed by atoms with Crippen molar-refractivity contribution in [3.05, 3.63) is 35.9 Å². The summed E-state index contributed by atoms with van der Waals surface area (Å²) in [4.78, 5) is 0. The van der Waals surface area contributed by atoms with Gasteiger partial charge in [0.15, 0.2) is 0 Å². The predicted molar refractivity (Wildman–Crippen MR) is 63.9 cm³/mol. The molecule has 1 fully saturated rings. The van der Waals surface area contributed by atoms with Crippen molar-refractivity contribution in [3.63, 3.8) is 0 Å². The van der Waals surface area contributed by atoms with E-state index in [0.717, 1.165) is 5.56 Å². The van der Waals surface area contributed by atoms with Crippen LogP contribution in [0, 0.1) is 0 Å². The lowest BCUT2D eigenvalue weighted by Gasteiger charge is -2.40. The summed E-state index contributed by atoms with van der Waals surface area (Å²) >= 11 is 0. The summed E-state index contributed by atoms with van der Waals surface area (Å²) in [5, 5.41) is 38.2. The zero-order valence-electron chi connectivity index (χ0n) is 9.88. The van der Waals surface area contributed by atoms with Crippen molar-refractivity contribution in [1.82, 2.24) is 0 Å². The average molecular weight is 254 g/mol. The normalized spacial score (nSPS) is 36.6. The predicted octanol–water partition coefficient (Wildman–Crippen LogP) is -0.929. The van der Waals surface area contributed by atoms with E-state index in [2.05, 4.69) is 0 Å². The van der Waals surface area contributed by atoms with Gasteiger partial charge in [-0.25, -0.2) is 0 Å². The smallest absolute Gasteiger partial charge is 0.111 e. The SMILES string of the molecule is OC[C@H]1O[C@@H](Cc2ccccc2)[C@H](O)[C@@H](O)[C@@H]1O. The lowest BCUT2D eigenvalue weighted by Crippen LogP contribution is -2.58. The third-order valence-electron chi connectivity index (χ3n) is 3.27. The van der Waals surface area contributed by atoms with Crippen LogP contribution in [0.15, 0.2) is 30.3 Å². The molecule has 2 rings (SSSR count). The van der Waals surface area contributed by atoms with Crippen molar-refractivity contribution in [1.29, 1.82) is 0 Å². The van der Waals surface area contributed by atoms with Crippen LogP contribution in [-0.2, 0) is 11.2 Å². The molecule has 1 heterocycles. The second-order valence-corrected chi connectivity index (χ2v) is 4.56. The van der Waals surface area contributed by atoms with Gasteiger partial charge in [0.25, 0.3) is 0 Å². The molecule has 1 aliphatic heterocycles. The summed E-state index contributed by atoms with van der Waals surface area (Å²) < 4.78 is 5.42. The van der Waals surface area contributed by atoms with Gasteiger partial charge in [-0.3, -0.25) is 0 Å². The van der Waals surface area contributed by atoms with E-state index in [1.165, 1.54) is 0 Å². The lowest BCUT2D eigenvalue weighted by molar-refractivity contribution is -0.228. The van der Waals surface area contributed by atoms with Gasteiger partial charge in [0.2, 0.25) is 0 Å². The van der Waals surface area contributed by atoms with E-state index < -0.39 is 37.1 Å². The summed E-state index contributed by atoms with van der Waals surface area (Å²) in [7, 11) is 0. The molecule has 5 nitrogen and oxygen atoms in total. The van der Waals surface area contributed by atoms with Crippen LogP contribution in [0.5, 0.6) is 0 Å². The second kappa shape index (κ2) is 5.77. The Morgan fingerprint density at radius 1 is 0.889 bits per heavy atom. The molecule has 0 unspecified atom stereocenters. The van der Waals surface area contributed by atoms with E-state index in [9.17, 15) is 15.3 Å². The number of benzene rings is 1. The Hall–Kier alpha value is -0.980. The zero-order valence-corrected chi connectivity index (χ0v) is 9.88. The van der Waals surface area contributed by atoms with E-state index in [1.54, 1.807) is 0 Å². The molecule has 0 saturated carbocycles. The highest BCUT2D eigenvalue weighted by Gasteiger charge is 2.43. The van der Waals surface area contributed by atoms with Crippen LogP contribution in [0.25, 0.3) is 0 Å². The van der Waals surface area contributed by atoms with Crippen molar-refractivity contribution in [3.8, 4) is 0 Å². The minimum absolute atomic E-state index is 0.393. The number of ether oxygens (including phenoxy) is 1. The molecular formula is C13H18O5. The fourth-order valence-electron chi connectivity index (χ4n) is 2.19. The first-order valence-electron chi connectivity index (χ1n) is 5.98. The highest BCUT2D eigenvalue weighted by atomic mass is 16.5. The maximum absolute atomic E-state index is 9.87. The molecular weight excluding hydrogens is 236 g/mol. The van der Waals surface area contributed by atoms with Crippen LogP contribution in [-0.4, -0.2) is 57.6 Å². The van der Waals surface area contributed by atoms with E-state index in [-0.39, 0.29) is 0 Å². The van der Waals surface area contributed by atoms with Crippen LogP contribution >= 0.6 is 0 Å². The molecule has 0 aliphatic carbocycles. The van der Waals surface area contributed by atoms with Crippen LogP contribution in [0.1, 0.15) is 5.56 Å². The minimum Gasteiger partial charge on any atom is -0.394 e.